The molecule has 0 spiro atoms. The van der Waals surface area contributed by atoms with Gasteiger partial charge in [-0.25, -0.2) is 0 Å². The van der Waals surface area contributed by atoms with Gasteiger partial charge in [-0.1, -0.05) is 80.6 Å². The molecule has 0 fully saturated rings. The number of rotatable bonds is 4. The summed E-state index contributed by atoms with van der Waals surface area (Å²) in [5.74, 6) is 0. The van der Waals surface area contributed by atoms with Gasteiger partial charge in [-0.2, -0.15) is 4.58 Å². The highest BCUT2D eigenvalue weighted by molar-refractivity contribution is 6.50. The average molecular weight is 496 g/mol. The molecule has 36 heavy (non-hydrogen) atoms. The summed E-state index contributed by atoms with van der Waals surface area (Å²) in [6.45, 7) is 9.18. The minimum atomic E-state index is -6.00. The maximum Gasteiger partial charge on any atom is 0.673 e. The van der Waals surface area contributed by atoms with Gasteiger partial charge in [0.2, 0.25) is 5.69 Å². The second-order valence-electron chi connectivity index (χ2n) is 9.96. The lowest BCUT2D eigenvalue weighted by Crippen LogP contribution is -2.26. The molecule has 0 bridgehead atoms. The Hall–Kier alpha value is -3.35. The predicted molar refractivity (Wildman–Crippen MR) is 144 cm³/mol. The molecule has 0 unspecified atom stereocenters. The molecule has 2 aromatic rings. The van der Waals surface area contributed by atoms with Crippen molar-refractivity contribution in [1.29, 1.82) is 0 Å². The number of halogens is 4. The summed E-state index contributed by atoms with van der Waals surface area (Å²) in [7, 11) is -1.69. The maximum absolute atomic E-state index is 9.75. The van der Waals surface area contributed by atoms with E-state index in [9.17, 15) is 17.3 Å². The van der Waals surface area contributed by atoms with Gasteiger partial charge in [-0.15, -0.1) is 0 Å². The first-order valence-corrected chi connectivity index (χ1v) is 11.9. The Morgan fingerprint density at radius 1 is 0.750 bits per heavy atom. The molecule has 0 saturated heterocycles. The van der Waals surface area contributed by atoms with Gasteiger partial charge < -0.3 is 22.2 Å². The molecule has 2 nitrogen and oxygen atoms in total. The van der Waals surface area contributed by atoms with Gasteiger partial charge in [0.25, 0.3) is 0 Å². The smallest absolute Gasteiger partial charge is 0.418 e. The van der Waals surface area contributed by atoms with Crippen LogP contribution < -0.4 is 4.90 Å². The average Bonchev–Trinajstić information content (AvgIpc) is 3.11. The summed E-state index contributed by atoms with van der Waals surface area (Å²) in [5, 5.41) is 0. The van der Waals surface area contributed by atoms with Crippen molar-refractivity contribution in [3.63, 3.8) is 0 Å². The Kier molecular flexibility index (Phi) is 7.82. The molecule has 0 aromatic heterocycles. The highest BCUT2D eigenvalue weighted by Gasteiger charge is 2.42. The fourth-order valence-electron chi connectivity index (χ4n) is 5.09. The largest absolute Gasteiger partial charge is 0.673 e. The molecule has 190 valence electrons. The van der Waals surface area contributed by atoms with Crippen LogP contribution in [-0.4, -0.2) is 31.6 Å². The third kappa shape index (κ3) is 5.72. The molecule has 0 saturated carbocycles. The van der Waals surface area contributed by atoms with Crippen LogP contribution in [0.4, 0.5) is 28.6 Å². The van der Waals surface area contributed by atoms with Crippen LogP contribution in [0.2, 0.25) is 0 Å². The van der Waals surface area contributed by atoms with Crippen molar-refractivity contribution in [3.8, 4) is 0 Å². The number of benzene rings is 2. The lowest BCUT2D eigenvalue weighted by molar-refractivity contribution is -0.401. The Morgan fingerprint density at radius 3 is 1.89 bits per heavy atom. The molecule has 0 radical (unpaired) electrons. The van der Waals surface area contributed by atoms with Crippen LogP contribution in [0.15, 0.2) is 96.8 Å². The number of hydrogen-bond donors (Lipinski definition) is 0. The fraction of sp³-hybridized carbons (Fsp3) is 0.276. The molecular weight excluding hydrogens is 463 g/mol. The van der Waals surface area contributed by atoms with E-state index in [-0.39, 0.29) is 10.8 Å². The molecule has 2 aromatic carbocycles. The molecule has 4 rings (SSSR count). The molecule has 0 amide bonds. The minimum absolute atomic E-state index is 0.0174. The summed E-state index contributed by atoms with van der Waals surface area (Å²) in [5.41, 5.74) is 8.04. The van der Waals surface area contributed by atoms with Crippen molar-refractivity contribution in [2.45, 2.75) is 38.5 Å². The van der Waals surface area contributed by atoms with Crippen molar-refractivity contribution >= 4 is 24.3 Å². The second-order valence-corrected chi connectivity index (χ2v) is 9.96. The Balaban J connectivity index is 0.000000658. The third-order valence-corrected chi connectivity index (χ3v) is 6.83. The zero-order valence-corrected chi connectivity index (χ0v) is 21.6. The second kappa shape index (κ2) is 10.3. The summed E-state index contributed by atoms with van der Waals surface area (Å²) < 4.78 is 41.3. The number of hydrogen-bond acceptors (Lipinski definition) is 1. The Bertz CT molecular complexity index is 1260. The van der Waals surface area contributed by atoms with E-state index in [1.165, 1.54) is 33.9 Å². The molecule has 7 heteroatoms. The number of allylic oxidation sites excluding steroid dienone is 8. The fourth-order valence-corrected chi connectivity index (χ4v) is 5.09. The number of likely N-dealkylation sites (N-methyl/N-ethyl adjacent to an activating group) is 1. The van der Waals surface area contributed by atoms with Crippen LogP contribution in [0.25, 0.3) is 0 Å². The highest BCUT2D eigenvalue weighted by Crippen LogP contribution is 2.46. The van der Waals surface area contributed by atoms with E-state index in [0.29, 0.717) is 0 Å². The van der Waals surface area contributed by atoms with Crippen LogP contribution in [0.3, 0.4) is 0 Å². The van der Waals surface area contributed by atoms with Gasteiger partial charge in [0.1, 0.15) is 7.05 Å². The predicted octanol–water partition coefficient (Wildman–Crippen LogP) is 7.97. The third-order valence-electron chi connectivity index (χ3n) is 6.83. The number of anilines is 1. The van der Waals surface area contributed by atoms with Gasteiger partial charge in [-0.05, 0) is 31.6 Å². The molecule has 0 aliphatic carbocycles. The Morgan fingerprint density at radius 2 is 1.28 bits per heavy atom. The lowest BCUT2D eigenvalue weighted by atomic mass is 9.81. The first kappa shape index (κ1) is 27.2. The molecule has 0 atom stereocenters. The zero-order chi connectivity index (χ0) is 26.7. The van der Waals surface area contributed by atoms with Crippen LogP contribution in [0, 0.1) is 0 Å². The van der Waals surface area contributed by atoms with Crippen LogP contribution in [-0.2, 0) is 10.8 Å². The normalized spacial score (nSPS) is 19.4. The summed E-state index contributed by atoms with van der Waals surface area (Å²) >= 11 is 0. The first-order valence-electron chi connectivity index (χ1n) is 11.9. The monoisotopic (exact) mass is 496 g/mol. The van der Waals surface area contributed by atoms with Crippen molar-refractivity contribution in [1.82, 2.24) is 0 Å². The molecule has 0 N–H and O–H groups in total. The summed E-state index contributed by atoms with van der Waals surface area (Å²) in [4.78, 5) is 2.30. The molecule has 2 aliphatic heterocycles. The van der Waals surface area contributed by atoms with E-state index in [1.54, 1.807) is 0 Å². The Labute approximate surface area is 211 Å². The van der Waals surface area contributed by atoms with Gasteiger partial charge in [-0.3, -0.25) is 0 Å². The van der Waals surface area contributed by atoms with Gasteiger partial charge >= 0.3 is 7.25 Å². The van der Waals surface area contributed by atoms with Crippen molar-refractivity contribution in [2.75, 3.05) is 19.0 Å². The van der Waals surface area contributed by atoms with E-state index < -0.39 is 7.25 Å². The van der Waals surface area contributed by atoms with Crippen molar-refractivity contribution < 1.29 is 21.8 Å². The zero-order valence-electron chi connectivity index (χ0n) is 21.6. The van der Waals surface area contributed by atoms with Crippen molar-refractivity contribution in [2.24, 2.45) is 0 Å². The quantitative estimate of drug-likeness (QED) is 0.180. The van der Waals surface area contributed by atoms with Crippen LogP contribution in [0.5, 0.6) is 0 Å². The molecule has 2 aliphatic rings. The highest BCUT2D eigenvalue weighted by atomic mass is 19.5. The standard InChI is InChI=1S/C29H33N2.BF4/c1-28(2)22-16-12-14-18-24(22)30(5)26(28)20-10-8-7-9-11-21-27-29(3,4)23-17-13-15-19-25(23)31(27)6;2-1(3,4)5/h7-21H,1-6H3;/q+1;-1. The van der Waals surface area contributed by atoms with Crippen molar-refractivity contribution in [3.05, 3.63) is 108 Å². The molecule has 2 heterocycles. The number of para-hydroxylation sites is 2. The van der Waals surface area contributed by atoms with E-state index in [4.69, 9.17) is 0 Å². The maximum atomic E-state index is 9.75. The van der Waals surface area contributed by atoms with Gasteiger partial charge in [0.05, 0.1) is 5.41 Å². The van der Waals surface area contributed by atoms with E-state index in [1.807, 2.05) is 0 Å². The number of fused-ring (bicyclic) bond motifs is 2. The summed E-state index contributed by atoms with van der Waals surface area (Å²) in [6, 6.07) is 17.3. The topological polar surface area (TPSA) is 6.25 Å². The molecular formula is C29H33BF4N2. The van der Waals surface area contributed by atoms with Gasteiger partial charge in [0, 0.05) is 41.6 Å². The van der Waals surface area contributed by atoms with E-state index in [2.05, 4.69) is 142 Å². The van der Waals surface area contributed by atoms with Crippen LogP contribution >= 0.6 is 0 Å². The lowest BCUT2D eigenvalue weighted by Gasteiger charge is -2.23. The minimum Gasteiger partial charge on any atom is -0.418 e. The SMILES string of the molecule is CN1/C(=C/C=C/C=C/C=C/C2=[N+](C)c3ccccc3C2(C)C)C(C)(C)c2ccccc21.F[B-](F)(F)F. The summed E-state index contributed by atoms with van der Waals surface area (Å²) in [6.07, 6.45) is 15.0. The van der Waals surface area contributed by atoms with E-state index in [0.717, 1.165) is 0 Å². The van der Waals surface area contributed by atoms with Gasteiger partial charge in [0.15, 0.2) is 5.71 Å². The van der Waals surface area contributed by atoms with E-state index >= 15 is 0 Å². The number of nitrogens with zero attached hydrogens (tertiary/aromatic N) is 2. The van der Waals surface area contributed by atoms with Crippen LogP contribution in [0.1, 0.15) is 38.8 Å². The first-order chi connectivity index (χ1) is 16.8.